The second-order valence-electron chi connectivity index (χ2n) is 8.26. The molecule has 0 radical (unpaired) electrons. The van der Waals surface area contributed by atoms with Crippen LogP contribution in [-0.4, -0.2) is 44.1 Å². The number of nitrogens with zero attached hydrogens (tertiary/aromatic N) is 9. The molecule has 0 fully saturated rings. The molecule has 35 heavy (non-hydrogen) atoms. The molecule has 10 nitrogen and oxygen atoms in total. The van der Waals surface area contributed by atoms with E-state index in [9.17, 15) is 0 Å². The van der Waals surface area contributed by atoms with Crippen molar-refractivity contribution in [3.8, 4) is 33.9 Å². The Morgan fingerprint density at radius 2 is 1.80 bits per heavy atom. The van der Waals surface area contributed by atoms with Gasteiger partial charge in [0.2, 0.25) is 5.95 Å². The Bertz CT molecular complexity index is 1660. The van der Waals surface area contributed by atoms with Crippen molar-refractivity contribution in [3.63, 3.8) is 0 Å². The smallest absolute Gasteiger partial charge is 0.227 e. The van der Waals surface area contributed by atoms with Gasteiger partial charge in [-0.1, -0.05) is 30.3 Å². The van der Waals surface area contributed by atoms with Gasteiger partial charge in [-0.25, -0.2) is 9.97 Å². The molecule has 6 aromatic rings. The summed E-state index contributed by atoms with van der Waals surface area (Å²) in [5.74, 6) is 1.24. The summed E-state index contributed by atoms with van der Waals surface area (Å²) in [6, 6.07) is 16.0. The van der Waals surface area contributed by atoms with E-state index < -0.39 is 0 Å². The molecule has 0 unspecified atom stereocenters. The van der Waals surface area contributed by atoms with Crippen LogP contribution >= 0.6 is 0 Å². The average Bonchev–Trinajstić information content (AvgIpc) is 3.56. The Labute approximate surface area is 200 Å². The number of nitrogens with one attached hydrogen (secondary N) is 1. The molecule has 10 heteroatoms. The summed E-state index contributed by atoms with van der Waals surface area (Å²) in [5.41, 5.74) is 7.14. The fourth-order valence-electron chi connectivity index (χ4n) is 4.09. The van der Waals surface area contributed by atoms with Gasteiger partial charge in [0.05, 0.1) is 23.1 Å². The Morgan fingerprint density at radius 3 is 2.60 bits per heavy atom. The molecule has 0 spiro atoms. The maximum atomic E-state index is 4.76. The quantitative estimate of drug-likeness (QED) is 0.412. The molecule has 1 N–H and O–H groups in total. The van der Waals surface area contributed by atoms with Crippen LogP contribution in [0.15, 0.2) is 73.3 Å². The molecule has 1 aromatic carbocycles. The highest BCUT2D eigenvalue weighted by Crippen LogP contribution is 2.33. The standard InChI is InChI=1S/C25H22N10/c1-16-22(23(32-34(16)3)17-7-5-4-6-8-17)24-31-30-21-13-18(10-12-35(21)24)20-9-11-26-25(29-20)28-19-14-27-33(2)15-19/h4-15H,1-3H3,(H,26,28,29). The first-order valence-corrected chi connectivity index (χ1v) is 11.1. The molecule has 0 saturated carbocycles. The topological polar surface area (TPSA) is 104 Å². The summed E-state index contributed by atoms with van der Waals surface area (Å²) in [6.45, 7) is 2.04. The summed E-state index contributed by atoms with van der Waals surface area (Å²) in [5, 5.41) is 21.1. The minimum absolute atomic E-state index is 0.496. The van der Waals surface area contributed by atoms with Gasteiger partial charge < -0.3 is 5.32 Å². The van der Waals surface area contributed by atoms with Crippen LogP contribution in [-0.2, 0) is 14.1 Å². The number of hydrogen-bond donors (Lipinski definition) is 1. The lowest BCUT2D eigenvalue weighted by molar-refractivity contribution is 0.743. The van der Waals surface area contributed by atoms with Crippen LogP contribution in [0.4, 0.5) is 11.6 Å². The predicted molar refractivity (Wildman–Crippen MR) is 133 cm³/mol. The third kappa shape index (κ3) is 3.70. The number of aryl methyl sites for hydroxylation is 2. The van der Waals surface area contributed by atoms with E-state index in [0.717, 1.165) is 50.9 Å². The average molecular weight is 463 g/mol. The summed E-state index contributed by atoms with van der Waals surface area (Å²) in [7, 11) is 3.80. The lowest BCUT2D eigenvalue weighted by Gasteiger charge is -2.06. The molecule has 0 amide bonds. The zero-order chi connectivity index (χ0) is 23.9. The van der Waals surface area contributed by atoms with E-state index in [1.807, 2.05) is 78.9 Å². The van der Waals surface area contributed by atoms with Crippen molar-refractivity contribution in [1.82, 2.24) is 44.1 Å². The van der Waals surface area contributed by atoms with Gasteiger partial charge in [-0.05, 0) is 25.1 Å². The largest absolute Gasteiger partial charge is 0.321 e. The second-order valence-corrected chi connectivity index (χ2v) is 8.26. The van der Waals surface area contributed by atoms with E-state index >= 15 is 0 Å². The minimum Gasteiger partial charge on any atom is -0.321 e. The highest BCUT2D eigenvalue weighted by Gasteiger charge is 2.21. The highest BCUT2D eigenvalue weighted by atomic mass is 15.3. The second kappa shape index (κ2) is 8.17. The van der Waals surface area contributed by atoms with Crippen LogP contribution in [0.3, 0.4) is 0 Å². The van der Waals surface area contributed by atoms with Crippen LogP contribution < -0.4 is 5.32 Å². The monoisotopic (exact) mass is 462 g/mol. The number of pyridine rings is 1. The van der Waals surface area contributed by atoms with Gasteiger partial charge in [-0.15, -0.1) is 10.2 Å². The molecule has 0 saturated heterocycles. The number of rotatable bonds is 5. The molecule has 0 aliphatic rings. The molecular formula is C25H22N10. The first-order chi connectivity index (χ1) is 17.1. The third-order valence-corrected chi connectivity index (χ3v) is 5.93. The normalized spacial score (nSPS) is 11.3. The van der Waals surface area contributed by atoms with Crippen molar-refractivity contribution >= 4 is 17.3 Å². The summed E-state index contributed by atoms with van der Waals surface area (Å²) in [4.78, 5) is 8.98. The number of hydrogen-bond acceptors (Lipinski definition) is 7. The van der Waals surface area contributed by atoms with Crippen LogP contribution in [0.5, 0.6) is 0 Å². The zero-order valence-corrected chi connectivity index (χ0v) is 19.5. The van der Waals surface area contributed by atoms with E-state index in [1.165, 1.54) is 0 Å². The Balaban J connectivity index is 1.39. The number of benzene rings is 1. The summed E-state index contributed by atoms with van der Waals surface area (Å²) >= 11 is 0. The molecular weight excluding hydrogens is 440 g/mol. The van der Waals surface area contributed by atoms with Crippen LogP contribution in [0.1, 0.15) is 5.69 Å². The van der Waals surface area contributed by atoms with Crippen molar-refractivity contribution in [1.29, 1.82) is 0 Å². The van der Waals surface area contributed by atoms with Gasteiger partial charge in [0.25, 0.3) is 0 Å². The van der Waals surface area contributed by atoms with E-state index in [4.69, 9.17) is 5.10 Å². The summed E-state index contributed by atoms with van der Waals surface area (Å²) < 4.78 is 5.58. The zero-order valence-electron chi connectivity index (χ0n) is 19.5. The van der Waals surface area contributed by atoms with Gasteiger partial charge in [0.1, 0.15) is 5.69 Å². The molecule has 0 aliphatic carbocycles. The molecule has 172 valence electrons. The van der Waals surface area contributed by atoms with Crippen LogP contribution in [0.2, 0.25) is 0 Å². The SMILES string of the molecule is Cc1c(-c2nnc3cc(-c4ccnc(Nc5cnn(C)c5)n4)ccn23)c(-c2ccccc2)nn1C. The van der Waals surface area contributed by atoms with Crippen molar-refractivity contribution < 1.29 is 0 Å². The van der Waals surface area contributed by atoms with E-state index in [0.29, 0.717) is 5.95 Å². The number of fused-ring (bicyclic) bond motifs is 1. The molecule has 5 aromatic heterocycles. The third-order valence-electron chi connectivity index (χ3n) is 5.93. The Hall–Kier alpha value is -4.86. The molecule has 0 atom stereocenters. The Kier molecular flexibility index (Phi) is 4.84. The minimum atomic E-state index is 0.496. The van der Waals surface area contributed by atoms with Crippen molar-refractivity contribution in [2.24, 2.45) is 14.1 Å². The lowest BCUT2D eigenvalue weighted by atomic mass is 10.1. The van der Waals surface area contributed by atoms with Gasteiger partial charge in [0, 0.05) is 49.5 Å². The Morgan fingerprint density at radius 1 is 0.943 bits per heavy atom. The number of anilines is 2. The van der Waals surface area contributed by atoms with E-state index in [2.05, 4.69) is 42.7 Å². The predicted octanol–water partition coefficient (Wildman–Crippen LogP) is 4.04. The molecule has 0 aliphatic heterocycles. The summed E-state index contributed by atoms with van der Waals surface area (Å²) in [6.07, 6.45) is 7.29. The molecule has 5 heterocycles. The van der Waals surface area contributed by atoms with Crippen molar-refractivity contribution in [2.75, 3.05) is 5.32 Å². The first-order valence-electron chi connectivity index (χ1n) is 11.1. The molecule has 0 bridgehead atoms. The lowest BCUT2D eigenvalue weighted by Crippen LogP contribution is -1.98. The fraction of sp³-hybridized carbons (Fsp3) is 0.120. The van der Waals surface area contributed by atoms with Crippen molar-refractivity contribution in [2.45, 2.75) is 6.92 Å². The number of aromatic nitrogens is 9. The van der Waals surface area contributed by atoms with Crippen LogP contribution in [0, 0.1) is 6.92 Å². The molecule has 6 rings (SSSR count). The van der Waals surface area contributed by atoms with Crippen LogP contribution in [0.25, 0.3) is 39.5 Å². The van der Waals surface area contributed by atoms with Gasteiger partial charge in [-0.2, -0.15) is 10.2 Å². The van der Waals surface area contributed by atoms with Crippen molar-refractivity contribution in [3.05, 3.63) is 79.0 Å². The highest BCUT2D eigenvalue weighted by molar-refractivity contribution is 5.80. The maximum Gasteiger partial charge on any atom is 0.227 e. The maximum absolute atomic E-state index is 4.76. The first kappa shape index (κ1) is 20.7. The van der Waals surface area contributed by atoms with Gasteiger partial charge >= 0.3 is 0 Å². The van der Waals surface area contributed by atoms with E-state index in [1.54, 1.807) is 17.1 Å². The van der Waals surface area contributed by atoms with E-state index in [-0.39, 0.29) is 0 Å². The van der Waals surface area contributed by atoms with Gasteiger partial charge in [0.15, 0.2) is 11.5 Å². The fourth-order valence-corrected chi connectivity index (χ4v) is 4.09. The van der Waals surface area contributed by atoms with Gasteiger partial charge in [-0.3, -0.25) is 13.8 Å².